The van der Waals surface area contributed by atoms with Crippen LogP contribution >= 0.6 is 0 Å². The molecule has 0 aliphatic heterocycles. The molecule has 3 aliphatic carbocycles. The molecule has 3 saturated carbocycles. The van der Waals surface area contributed by atoms with E-state index in [4.69, 9.17) is 33.9 Å². The van der Waals surface area contributed by atoms with Crippen molar-refractivity contribution in [3.05, 3.63) is 162 Å². The second-order valence-electron chi connectivity index (χ2n) is 21.6. The number of aliphatic carboxylic acids is 1. The van der Waals surface area contributed by atoms with Crippen LogP contribution in [0.25, 0.3) is 50.2 Å². The van der Waals surface area contributed by atoms with E-state index in [2.05, 4.69) is 45.4 Å². The maximum Gasteiger partial charge on any atom is 0.330 e. The molecule has 466 valence electrons. The summed E-state index contributed by atoms with van der Waals surface area (Å²) in [5, 5.41) is 36.1. The number of carboxylic acids is 1. The number of nitrogens with zero attached hydrogens (tertiary/aromatic N) is 10. The highest BCUT2D eigenvalue weighted by Crippen LogP contribution is 2.51. The quantitative estimate of drug-likeness (QED) is 0.0293. The number of aromatic amines is 2. The summed E-state index contributed by atoms with van der Waals surface area (Å²) in [5.74, 6) is 0.353. The third-order valence-corrected chi connectivity index (χ3v) is 14.4. The average Bonchev–Trinajstić information content (AvgIpc) is 1.91. The molecule has 25 heteroatoms. The Morgan fingerprint density at radius 3 is 1.46 bits per heavy atom. The molecule has 3 aliphatic rings. The predicted molar refractivity (Wildman–Crippen MR) is 332 cm³/mol. The Balaban J connectivity index is 0.000000152. The van der Waals surface area contributed by atoms with E-state index in [0.29, 0.717) is 56.3 Å². The molecule has 89 heavy (non-hydrogen) atoms. The number of ether oxygens (including phenoxy) is 5. The van der Waals surface area contributed by atoms with Gasteiger partial charge in [0.15, 0.2) is 22.6 Å². The van der Waals surface area contributed by atoms with Gasteiger partial charge >= 0.3 is 23.9 Å². The second kappa shape index (κ2) is 30.3. The van der Waals surface area contributed by atoms with E-state index in [1.54, 1.807) is 70.8 Å². The van der Waals surface area contributed by atoms with Gasteiger partial charge in [0.25, 0.3) is 0 Å². The lowest BCUT2D eigenvalue weighted by atomic mass is 10.1. The van der Waals surface area contributed by atoms with Gasteiger partial charge < -0.3 is 52.8 Å². The van der Waals surface area contributed by atoms with E-state index in [1.165, 1.54) is 6.08 Å². The number of hydrogen-bond acceptors (Lipinski definition) is 18. The van der Waals surface area contributed by atoms with Crippen molar-refractivity contribution in [1.29, 1.82) is 0 Å². The van der Waals surface area contributed by atoms with Crippen LogP contribution in [-0.4, -0.2) is 142 Å². The molecule has 0 radical (unpaired) electrons. The van der Waals surface area contributed by atoms with Crippen molar-refractivity contribution in [2.24, 2.45) is 17.8 Å². The van der Waals surface area contributed by atoms with E-state index in [9.17, 15) is 23.4 Å². The Bertz CT molecular complexity index is 4120. The summed E-state index contributed by atoms with van der Waals surface area (Å²) in [4.78, 5) is 63.0. The largest absolute Gasteiger partial charge is 1.00 e. The third kappa shape index (κ3) is 17.2. The van der Waals surface area contributed by atoms with Crippen LogP contribution in [0.1, 0.15) is 91.7 Å². The molecule has 23 nitrogen and oxygen atoms in total. The summed E-state index contributed by atoms with van der Waals surface area (Å²) in [7, 11) is 1.88. The topological polar surface area (TPSA) is 296 Å². The van der Waals surface area contributed by atoms with E-state index in [1.807, 2.05) is 120 Å². The molecule has 0 amide bonds. The number of pyridine rings is 4. The number of esters is 3. The Morgan fingerprint density at radius 1 is 0.573 bits per heavy atom. The normalized spacial score (nSPS) is 17.7. The number of methoxy groups -OCH3 is 2. The minimum Gasteiger partial charge on any atom is -1.00 e. The molecule has 13 rings (SSSR count). The van der Waals surface area contributed by atoms with Gasteiger partial charge in [0, 0.05) is 81.5 Å². The van der Waals surface area contributed by atoms with Crippen molar-refractivity contribution in [2.45, 2.75) is 70.9 Å². The zero-order chi connectivity index (χ0) is 62.5. The van der Waals surface area contributed by atoms with Gasteiger partial charge in [-0.15, -0.1) is 4.21 Å². The summed E-state index contributed by atoms with van der Waals surface area (Å²) in [6, 6.07) is 31.0. The van der Waals surface area contributed by atoms with Crippen molar-refractivity contribution < 1.29 is 76.2 Å². The fourth-order valence-corrected chi connectivity index (χ4v) is 9.95. The van der Waals surface area contributed by atoms with Gasteiger partial charge in [-0.05, 0) is 130 Å². The van der Waals surface area contributed by atoms with Crippen LogP contribution in [0.5, 0.6) is 11.5 Å². The summed E-state index contributed by atoms with van der Waals surface area (Å²) in [5.41, 5.74) is 8.71. The zero-order valence-corrected chi connectivity index (χ0v) is 53.6. The number of H-pyrrole nitrogens is 2. The molecular formula is C64H71IN12O11S. The Labute approximate surface area is 531 Å². The lowest BCUT2D eigenvalue weighted by molar-refractivity contribution is -0.145. The van der Waals surface area contributed by atoms with Crippen molar-refractivity contribution in [3.8, 4) is 11.5 Å². The predicted octanol–water partition coefficient (Wildman–Crippen LogP) is 6.37. The van der Waals surface area contributed by atoms with Crippen LogP contribution < -0.4 is 33.5 Å². The molecule has 8 aromatic heterocycles. The first-order valence-corrected chi connectivity index (χ1v) is 31.6. The molecule has 6 unspecified atom stereocenters. The van der Waals surface area contributed by atoms with Crippen LogP contribution in [0, 0.1) is 17.8 Å². The number of carbonyl (C=O) groups is 4. The highest BCUT2D eigenvalue weighted by atomic mass is 127. The number of carboxylic acid groups (broad SMARTS) is 1. The molecule has 2 aromatic carbocycles. The zero-order valence-electron chi connectivity index (χ0n) is 50.6. The fraction of sp³-hybridized carbons (Fsp3) is 0.344. The summed E-state index contributed by atoms with van der Waals surface area (Å²) in [6.45, 7) is 7.82. The van der Waals surface area contributed by atoms with E-state index in [0.717, 1.165) is 85.4 Å². The molecule has 10 aromatic rings. The first-order chi connectivity index (χ1) is 42.5. The van der Waals surface area contributed by atoms with Crippen LogP contribution in [0.15, 0.2) is 128 Å². The van der Waals surface area contributed by atoms with Crippen LogP contribution in [0.2, 0.25) is 0 Å². The Hall–Kier alpha value is -8.98. The average molecular weight is 1340 g/mol. The van der Waals surface area contributed by atoms with Gasteiger partial charge in [-0.3, -0.25) is 24.6 Å². The molecular weight excluding hydrogens is 1270 g/mol. The van der Waals surface area contributed by atoms with E-state index < -0.39 is 15.9 Å². The van der Waals surface area contributed by atoms with Crippen LogP contribution in [0.4, 0.5) is 0 Å². The molecule has 8 heterocycles. The fourth-order valence-electron chi connectivity index (χ4n) is 9.95. The Kier molecular flexibility index (Phi) is 22.5. The number of nitrogens with one attached hydrogen (secondary N) is 2. The lowest BCUT2D eigenvalue weighted by Crippen LogP contribution is -3.00. The van der Waals surface area contributed by atoms with Crippen LogP contribution in [0.3, 0.4) is 0 Å². The summed E-state index contributed by atoms with van der Waals surface area (Å²) < 4.78 is 39.4. The maximum atomic E-state index is 12.0. The third-order valence-electron chi connectivity index (χ3n) is 14.4. The molecule has 3 fully saturated rings. The number of carbonyl (C=O) groups excluding carboxylic acids is 3. The molecule has 6 atom stereocenters. The number of fused-ring (bicyclic) bond motifs is 4. The van der Waals surface area contributed by atoms with Gasteiger partial charge in [-0.25, -0.2) is 34.1 Å². The molecule has 0 saturated heterocycles. The summed E-state index contributed by atoms with van der Waals surface area (Å²) >= 11 is 0. The minimum absolute atomic E-state index is 0. The lowest BCUT2D eigenvalue weighted by Gasteiger charge is -2.04. The number of benzene rings is 2. The van der Waals surface area contributed by atoms with Gasteiger partial charge in [0.2, 0.25) is 0 Å². The van der Waals surface area contributed by atoms with Crippen molar-refractivity contribution >= 4 is 84.0 Å². The van der Waals surface area contributed by atoms with Gasteiger partial charge in [-0.2, -0.15) is 20.4 Å². The molecule has 0 spiro atoms. The number of rotatable bonds is 17. The van der Waals surface area contributed by atoms with Crippen molar-refractivity contribution in [2.75, 3.05) is 52.8 Å². The molecule has 3 N–H and O–H groups in total. The highest BCUT2D eigenvalue weighted by Gasteiger charge is 2.49. The first-order valence-electron chi connectivity index (χ1n) is 28.8. The summed E-state index contributed by atoms with van der Waals surface area (Å²) in [6.07, 6.45) is 17.4. The van der Waals surface area contributed by atoms with Gasteiger partial charge in [0.05, 0.1) is 86.2 Å². The molecule has 0 bridgehead atoms. The number of aromatic nitrogens is 12. The van der Waals surface area contributed by atoms with Gasteiger partial charge in [-0.1, -0.05) is 24.3 Å². The van der Waals surface area contributed by atoms with Crippen molar-refractivity contribution in [1.82, 2.24) is 59.9 Å². The van der Waals surface area contributed by atoms with E-state index >= 15 is 0 Å². The van der Waals surface area contributed by atoms with Gasteiger partial charge in [0.1, 0.15) is 30.3 Å². The van der Waals surface area contributed by atoms with Crippen LogP contribution in [-0.2, 0) is 60.6 Å². The van der Waals surface area contributed by atoms with E-state index in [-0.39, 0.29) is 77.4 Å². The monoisotopic (exact) mass is 1340 g/mol. The maximum absolute atomic E-state index is 12.0. The highest BCUT2D eigenvalue weighted by molar-refractivity contribution is 8.00. The first kappa shape index (κ1) is 66.0. The number of halogens is 1. The SMILES string of the molecule is CCOC(=O)/C=C/c1nn(Cc2ccc(OC)cc2)c2ncccc12.CCOC(=O)C1CC1c1[nH]nc2ncccc12.CCOC(=O)C1CC1c1nn(Cc2ccc(OC)cc2)c2ncccc12.C[S+](C)(C)=O.O=C(O)C1CC1c1[nH]nc2ncccc12.[I-]. The van der Waals surface area contributed by atoms with Crippen molar-refractivity contribution in [3.63, 3.8) is 0 Å². The minimum atomic E-state index is -1.42. The smallest absolute Gasteiger partial charge is 0.330 e. The Morgan fingerprint density at radius 2 is 0.989 bits per heavy atom. The second-order valence-corrected chi connectivity index (χ2v) is 25.0. The standard InChI is InChI=1S/C20H21N3O3.C19H19N3O3.C12H13N3O2.C10H9N3O2.C3H9OS.HI/c1-3-26-20(24)17-11-16(17)18-15-5-4-10-21-19(15)23(22-18)12-13-6-8-14(25-2)9-7-13;1-3-25-18(23)11-10-17-16-5-4-12-20-19(16)22(21-17)13-14-6-8-15(24-2)9-7-14;1-2-17-12(16)9-6-8(9)10-7-4-3-5-13-11(7)15-14-10;14-10(15)7-4-6(7)8-5-2-1-3-11-9(5)13-12-8;1-5(2,3)4;/h4-10,16-17H,3,11-12H2,1-2H3;4-12H,3,13H2,1-2H3;3-5,8-9H,2,6H2,1H3,(H,13,14,15);1-3,6-7H,4H2,(H,14,15)(H,11,12,13);1-3H3;1H/q;;;;+1;/p-1/b;11-10+;;;;. The number of hydrogen-bond donors (Lipinski definition) is 3.